The van der Waals surface area contributed by atoms with Gasteiger partial charge in [0, 0.05) is 13.1 Å². The van der Waals surface area contributed by atoms with Crippen LogP contribution in [0.5, 0.6) is 0 Å². The van der Waals surface area contributed by atoms with Gasteiger partial charge in [0.15, 0.2) is 0 Å². The van der Waals surface area contributed by atoms with E-state index < -0.39 is 20.0 Å². The van der Waals surface area contributed by atoms with Gasteiger partial charge in [-0.3, -0.25) is 4.72 Å². The zero-order chi connectivity index (χ0) is 20.4. The van der Waals surface area contributed by atoms with Crippen molar-refractivity contribution in [2.75, 3.05) is 17.8 Å². The van der Waals surface area contributed by atoms with Crippen LogP contribution in [0.25, 0.3) is 0 Å². The molecule has 148 valence electrons. The molecule has 6 nitrogen and oxygen atoms in total. The first-order valence-corrected chi connectivity index (χ1v) is 11.7. The minimum absolute atomic E-state index is 0.0385. The van der Waals surface area contributed by atoms with Gasteiger partial charge in [0.25, 0.3) is 10.0 Å². The molecular weight excluding hydrogens is 408 g/mol. The zero-order valence-electron chi connectivity index (χ0n) is 15.7. The molecule has 27 heavy (non-hydrogen) atoms. The molecule has 0 aliphatic rings. The van der Waals surface area contributed by atoms with Crippen molar-refractivity contribution in [1.82, 2.24) is 4.31 Å². The average Bonchev–Trinajstić information content (AvgIpc) is 2.59. The lowest BCUT2D eigenvalue weighted by Crippen LogP contribution is -2.30. The van der Waals surface area contributed by atoms with Crippen LogP contribution in [0.2, 0.25) is 5.02 Å². The maximum Gasteiger partial charge on any atom is 0.262 e. The Balaban J connectivity index is 2.49. The molecule has 2 rings (SSSR count). The standard InChI is InChI=1S/C18H23ClN2O4S2/c1-5-21(6-2)27(24,25)18-12-15(9-10-16(18)19)20-26(22,23)17-11-13(3)7-8-14(17)4/h7-12,20H,5-6H2,1-4H3. The van der Waals surface area contributed by atoms with Crippen molar-refractivity contribution in [2.24, 2.45) is 0 Å². The fourth-order valence-electron chi connectivity index (χ4n) is 2.67. The van der Waals surface area contributed by atoms with Crippen molar-refractivity contribution in [3.8, 4) is 0 Å². The lowest BCUT2D eigenvalue weighted by atomic mass is 10.2. The number of benzene rings is 2. The van der Waals surface area contributed by atoms with Crippen molar-refractivity contribution >= 4 is 37.3 Å². The molecule has 0 heterocycles. The summed E-state index contributed by atoms with van der Waals surface area (Å²) in [6.07, 6.45) is 0. The third-order valence-corrected chi connectivity index (χ3v) is 8.19. The number of sulfonamides is 2. The van der Waals surface area contributed by atoms with Crippen LogP contribution in [-0.4, -0.2) is 34.2 Å². The fourth-order valence-corrected chi connectivity index (χ4v) is 6.01. The molecule has 9 heteroatoms. The Morgan fingerprint density at radius 3 is 2.15 bits per heavy atom. The first-order chi connectivity index (χ1) is 12.5. The SMILES string of the molecule is CCN(CC)S(=O)(=O)c1cc(NS(=O)(=O)c2cc(C)ccc2C)ccc1Cl. The second-order valence-corrected chi connectivity index (χ2v) is 10.1. The first-order valence-electron chi connectivity index (χ1n) is 8.42. The predicted molar refractivity (Wildman–Crippen MR) is 108 cm³/mol. The summed E-state index contributed by atoms with van der Waals surface area (Å²) in [6, 6.07) is 9.18. The largest absolute Gasteiger partial charge is 0.280 e. The maximum absolute atomic E-state index is 12.8. The van der Waals surface area contributed by atoms with E-state index in [-0.39, 0.29) is 33.6 Å². The second kappa shape index (κ2) is 8.18. The molecule has 0 saturated carbocycles. The third kappa shape index (κ3) is 4.63. The summed E-state index contributed by atoms with van der Waals surface area (Å²) >= 11 is 6.09. The van der Waals surface area contributed by atoms with Crippen LogP contribution < -0.4 is 4.72 Å². The highest BCUT2D eigenvalue weighted by atomic mass is 35.5. The molecule has 0 radical (unpaired) electrons. The number of aryl methyl sites for hydroxylation is 2. The molecule has 2 aromatic rings. The third-order valence-electron chi connectivity index (χ3n) is 4.14. The lowest BCUT2D eigenvalue weighted by molar-refractivity contribution is 0.445. The minimum atomic E-state index is -3.87. The van der Waals surface area contributed by atoms with Crippen LogP contribution in [0.1, 0.15) is 25.0 Å². The van der Waals surface area contributed by atoms with E-state index in [2.05, 4.69) is 4.72 Å². The summed E-state index contributed by atoms with van der Waals surface area (Å²) in [4.78, 5) is 0.0135. The van der Waals surface area contributed by atoms with Crippen LogP contribution in [0, 0.1) is 13.8 Å². The van der Waals surface area contributed by atoms with Crippen molar-refractivity contribution < 1.29 is 16.8 Å². The minimum Gasteiger partial charge on any atom is -0.280 e. The molecule has 1 N–H and O–H groups in total. The van der Waals surface area contributed by atoms with E-state index in [1.54, 1.807) is 39.8 Å². The number of hydrogen-bond acceptors (Lipinski definition) is 4. The highest BCUT2D eigenvalue weighted by Gasteiger charge is 2.26. The van der Waals surface area contributed by atoms with Gasteiger partial charge in [-0.15, -0.1) is 0 Å². The predicted octanol–water partition coefficient (Wildman–Crippen LogP) is 3.79. The highest BCUT2D eigenvalue weighted by molar-refractivity contribution is 7.92. The molecule has 0 amide bonds. The Bertz CT molecular complexity index is 1050. The van der Waals surface area contributed by atoms with Crippen molar-refractivity contribution in [3.05, 3.63) is 52.5 Å². The van der Waals surface area contributed by atoms with Crippen molar-refractivity contribution in [1.29, 1.82) is 0 Å². The molecule has 0 aliphatic carbocycles. The summed E-state index contributed by atoms with van der Waals surface area (Å²) in [7, 11) is -7.70. The van der Waals surface area contributed by atoms with Gasteiger partial charge in [0.2, 0.25) is 10.0 Å². The normalized spacial score (nSPS) is 12.4. The Morgan fingerprint density at radius 2 is 1.56 bits per heavy atom. The Labute approximate surface area is 166 Å². The van der Waals surface area contributed by atoms with Crippen LogP contribution >= 0.6 is 11.6 Å². The molecule has 0 spiro atoms. The van der Waals surface area contributed by atoms with Gasteiger partial charge in [-0.25, -0.2) is 16.8 Å². The molecule has 0 unspecified atom stereocenters. The van der Waals surface area contributed by atoms with Crippen LogP contribution in [0.3, 0.4) is 0 Å². The van der Waals surface area contributed by atoms with E-state index in [0.29, 0.717) is 5.56 Å². The summed E-state index contributed by atoms with van der Waals surface area (Å²) in [5.41, 5.74) is 1.53. The summed E-state index contributed by atoms with van der Waals surface area (Å²) in [5, 5.41) is 0.0385. The van der Waals surface area contributed by atoms with E-state index in [1.165, 1.54) is 22.5 Å². The van der Waals surface area contributed by atoms with Gasteiger partial charge in [-0.05, 0) is 49.2 Å². The van der Waals surface area contributed by atoms with Gasteiger partial charge in [-0.2, -0.15) is 4.31 Å². The number of nitrogens with zero attached hydrogens (tertiary/aromatic N) is 1. The molecule has 0 aromatic heterocycles. The second-order valence-electron chi connectivity index (χ2n) is 6.11. The fraction of sp³-hybridized carbons (Fsp3) is 0.333. The maximum atomic E-state index is 12.8. The molecule has 0 atom stereocenters. The highest BCUT2D eigenvalue weighted by Crippen LogP contribution is 2.29. The topological polar surface area (TPSA) is 83.6 Å². The number of anilines is 1. The summed E-state index contributed by atoms with van der Waals surface area (Å²) < 4.78 is 54.8. The van der Waals surface area contributed by atoms with Crippen LogP contribution in [-0.2, 0) is 20.0 Å². The summed E-state index contributed by atoms with van der Waals surface area (Å²) in [5.74, 6) is 0. The van der Waals surface area contributed by atoms with Gasteiger partial charge in [0.05, 0.1) is 15.6 Å². The molecule has 0 bridgehead atoms. The van der Waals surface area contributed by atoms with Gasteiger partial charge in [0.1, 0.15) is 4.90 Å². The number of hydrogen-bond donors (Lipinski definition) is 1. The molecule has 0 fully saturated rings. The quantitative estimate of drug-likeness (QED) is 0.724. The first kappa shape index (κ1) is 21.7. The average molecular weight is 431 g/mol. The van der Waals surface area contributed by atoms with E-state index in [1.807, 2.05) is 6.07 Å². The lowest BCUT2D eigenvalue weighted by Gasteiger charge is -2.20. The molecule has 0 aliphatic heterocycles. The van der Waals surface area contributed by atoms with E-state index in [9.17, 15) is 16.8 Å². The zero-order valence-corrected chi connectivity index (χ0v) is 18.0. The van der Waals surface area contributed by atoms with Crippen molar-refractivity contribution in [2.45, 2.75) is 37.5 Å². The van der Waals surface area contributed by atoms with Gasteiger partial charge < -0.3 is 0 Å². The number of halogens is 1. The Morgan fingerprint density at radius 1 is 0.926 bits per heavy atom. The van der Waals surface area contributed by atoms with Crippen molar-refractivity contribution in [3.63, 3.8) is 0 Å². The number of rotatable bonds is 7. The van der Waals surface area contributed by atoms with Gasteiger partial charge >= 0.3 is 0 Å². The Hall–Kier alpha value is -1.61. The van der Waals surface area contributed by atoms with Crippen LogP contribution in [0.15, 0.2) is 46.2 Å². The molecule has 2 aromatic carbocycles. The molecule has 0 saturated heterocycles. The van der Waals surface area contributed by atoms with E-state index in [4.69, 9.17) is 11.6 Å². The van der Waals surface area contributed by atoms with Gasteiger partial charge in [-0.1, -0.05) is 37.6 Å². The Kier molecular flexibility index (Phi) is 6.57. The number of nitrogens with one attached hydrogen (secondary N) is 1. The van der Waals surface area contributed by atoms with Crippen LogP contribution in [0.4, 0.5) is 5.69 Å². The van der Waals surface area contributed by atoms with E-state index >= 15 is 0 Å². The summed E-state index contributed by atoms with van der Waals surface area (Å²) in [6.45, 7) is 7.52. The monoisotopic (exact) mass is 430 g/mol. The molecular formula is C18H23ClN2O4S2. The van der Waals surface area contributed by atoms with E-state index in [0.717, 1.165) is 5.56 Å². The smallest absolute Gasteiger partial charge is 0.262 e.